The average molecular weight is 383 g/mol. The van der Waals surface area contributed by atoms with E-state index in [4.69, 9.17) is 5.11 Å². The van der Waals surface area contributed by atoms with E-state index in [2.05, 4.69) is 4.98 Å². The fourth-order valence-corrected chi connectivity index (χ4v) is 4.40. The molecule has 0 radical (unpaired) electrons. The van der Waals surface area contributed by atoms with Crippen molar-refractivity contribution in [2.24, 2.45) is 0 Å². The summed E-state index contributed by atoms with van der Waals surface area (Å²) in [5, 5.41) is 8.95. The highest BCUT2D eigenvalue weighted by molar-refractivity contribution is 8.00. The smallest absolute Gasteiger partial charge is 0.416 e. The van der Waals surface area contributed by atoms with Crippen molar-refractivity contribution in [3.05, 3.63) is 59.2 Å². The number of benzene rings is 2. The maximum absolute atomic E-state index is 12.8. The van der Waals surface area contributed by atoms with E-state index in [-0.39, 0.29) is 6.42 Å². The lowest BCUT2D eigenvalue weighted by atomic mass is 10.1. The lowest BCUT2D eigenvalue weighted by Crippen LogP contribution is -2.03. The van der Waals surface area contributed by atoms with Crippen LogP contribution >= 0.6 is 23.1 Å². The highest BCUT2D eigenvalue weighted by Crippen LogP contribution is 2.36. The summed E-state index contributed by atoms with van der Waals surface area (Å²) >= 11 is 2.71. The zero-order chi connectivity index (χ0) is 18.0. The molecule has 0 aliphatic rings. The first kappa shape index (κ1) is 17.8. The first-order chi connectivity index (χ1) is 11.8. The molecule has 0 fully saturated rings. The van der Waals surface area contributed by atoms with Gasteiger partial charge in [-0.1, -0.05) is 36.0 Å². The van der Waals surface area contributed by atoms with Crippen LogP contribution < -0.4 is 0 Å². The number of aromatic nitrogens is 1. The van der Waals surface area contributed by atoms with Crippen molar-refractivity contribution in [1.82, 2.24) is 4.98 Å². The third-order valence-corrected chi connectivity index (χ3v) is 5.73. The Labute approximate surface area is 149 Å². The van der Waals surface area contributed by atoms with Gasteiger partial charge in [0, 0.05) is 5.75 Å². The van der Waals surface area contributed by atoms with Gasteiger partial charge in [-0.2, -0.15) is 13.2 Å². The fraction of sp³-hybridized carbons (Fsp3) is 0.176. The molecule has 0 spiro atoms. The van der Waals surface area contributed by atoms with Gasteiger partial charge in [0.25, 0.3) is 0 Å². The van der Waals surface area contributed by atoms with Gasteiger partial charge < -0.3 is 5.11 Å². The maximum atomic E-state index is 12.8. The summed E-state index contributed by atoms with van der Waals surface area (Å²) in [4.78, 5) is 15.2. The molecule has 0 saturated heterocycles. The van der Waals surface area contributed by atoms with Gasteiger partial charge in [0.2, 0.25) is 0 Å². The number of hydrogen-bond acceptors (Lipinski definition) is 4. The number of halogens is 3. The van der Waals surface area contributed by atoms with Crippen LogP contribution in [0.2, 0.25) is 0 Å². The van der Waals surface area contributed by atoms with E-state index in [9.17, 15) is 18.0 Å². The van der Waals surface area contributed by atoms with E-state index in [1.807, 2.05) is 12.1 Å². The molecule has 2 aromatic carbocycles. The largest absolute Gasteiger partial charge is 0.481 e. The lowest BCUT2D eigenvalue weighted by Gasteiger charge is -2.06. The summed E-state index contributed by atoms with van der Waals surface area (Å²) in [6.07, 6.45) is -4.45. The summed E-state index contributed by atoms with van der Waals surface area (Å²) in [6.45, 7) is 0. The van der Waals surface area contributed by atoms with Gasteiger partial charge in [-0.3, -0.25) is 4.79 Å². The number of fused-ring (bicyclic) bond motifs is 1. The molecule has 8 heteroatoms. The van der Waals surface area contributed by atoms with Crippen molar-refractivity contribution in [2.75, 3.05) is 0 Å². The van der Waals surface area contributed by atoms with Gasteiger partial charge in [-0.05, 0) is 29.3 Å². The number of thioether (sulfide) groups is 1. The summed E-state index contributed by atoms with van der Waals surface area (Å²) in [6, 6.07) is 10.7. The van der Waals surface area contributed by atoms with Gasteiger partial charge >= 0.3 is 12.1 Å². The van der Waals surface area contributed by atoms with Crippen molar-refractivity contribution in [2.45, 2.75) is 22.7 Å². The Morgan fingerprint density at radius 2 is 1.88 bits per heavy atom. The third kappa shape index (κ3) is 4.32. The average Bonchev–Trinajstić information content (AvgIpc) is 2.94. The van der Waals surface area contributed by atoms with Gasteiger partial charge in [0.1, 0.15) is 0 Å². The zero-order valence-corrected chi connectivity index (χ0v) is 14.3. The normalized spacial score (nSPS) is 11.8. The van der Waals surface area contributed by atoms with Gasteiger partial charge in [-0.15, -0.1) is 11.3 Å². The van der Waals surface area contributed by atoms with Gasteiger partial charge in [-0.25, -0.2) is 4.98 Å². The van der Waals surface area contributed by atoms with Crippen LogP contribution in [0.1, 0.15) is 16.7 Å². The fourth-order valence-electron chi connectivity index (χ4n) is 2.32. The second-order valence-electron chi connectivity index (χ2n) is 5.29. The topological polar surface area (TPSA) is 50.2 Å². The van der Waals surface area contributed by atoms with Crippen molar-refractivity contribution >= 4 is 39.3 Å². The van der Waals surface area contributed by atoms with Crippen molar-refractivity contribution in [3.63, 3.8) is 0 Å². The Morgan fingerprint density at radius 3 is 2.56 bits per heavy atom. The summed E-state index contributed by atoms with van der Waals surface area (Å²) in [5.74, 6) is -0.396. The molecule has 0 unspecified atom stereocenters. The van der Waals surface area contributed by atoms with Crippen LogP contribution in [0.15, 0.2) is 46.8 Å². The predicted molar refractivity (Wildman–Crippen MR) is 92.0 cm³/mol. The number of thiazole rings is 1. The molecule has 25 heavy (non-hydrogen) atoms. The molecule has 1 N–H and O–H groups in total. The highest BCUT2D eigenvalue weighted by atomic mass is 32.2. The number of rotatable bonds is 5. The van der Waals surface area contributed by atoms with Crippen LogP contribution in [0.5, 0.6) is 0 Å². The van der Waals surface area contributed by atoms with Crippen LogP contribution in [0.25, 0.3) is 10.2 Å². The summed E-state index contributed by atoms with van der Waals surface area (Å²) < 4.78 is 39.6. The quantitative estimate of drug-likeness (QED) is 0.613. The lowest BCUT2D eigenvalue weighted by molar-refractivity contribution is -0.138. The zero-order valence-electron chi connectivity index (χ0n) is 12.7. The molecule has 0 bridgehead atoms. The third-order valence-electron chi connectivity index (χ3n) is 3.51. The van der Waals surface area contributed by atoms with Crippen LogP contribution in [-0.4, -0.2) is 16.1 Å². The number of hydrogen-bond donors (Lipinski definition) is 1. The number of carboxylic acids is 1. The van der Waals surface area contributed by atoms with E-state index >= 15 is 0 Å². The number of carbonyl (C=O) groups is 1. The Kier molecular flexibility index (Phi) is 5.01. The molecular weight excluding hydrogens is 371 g/mol. The standard InChI is InChI=1S/C17H12F3NO2S2/c18-17(19,20)12-5-6-14-13(8-12)21-16(25-14)24-9-11-4-2-1-3-10(11)7-15(22)23/h1-6,8H,7,9H2,(H,22,23). The summed E-state index contributed by atoms with van der Waals surface area (Å²) in [5.41, 5.74) is 1.21. The Balaban J connectivity index is 1.79. The molecule has 0 aliphatic carbocycles. The molecule has 0 aliphatic heterocycles. The van der Waals surface area contributed by atoms with Crippen molar-refractivity contribution < 1.29 is 23.1 Å². The second-order valence-corrected chi connectivity index (χ2v) is 7.54. The molecule has 0 amide bonds. The van der Waals surface area contributed by atoms with E-state index in [0.29, 0.717) is 20.3 Å². The molecule has 0 saturated carbocycles. The van der Waals surface area contributed by atoms with Crippen LogP contribution in [0.4, 0.5) is 13.2 Å². The van der Waals surface area contributed by atoms with Crippen molar-refractivity contribution in [3.8, 4) is 0 Å². The molecule has 1 heterocycles. The Morgan fingerprint density at radius 1 is 1.16 bits per heavy atom. The van der Waals surface area contributed by atoms with E-state index in [0.717, 1.165) is 23.3 Å². The molecule has 1 aromatic heterocycles. The second kappa shape index (κ2) is 7.05. The summed E-state index contributed by atoms with van der Waals surface area (Å²) in [7, 11) is 0. The van der Waals surface area contributed by atoms with Crippen molar-refractivity contribution in [1.29, 1.82) is 0 Å². The minimum absolute atomic E-state index is 0.0640. The Bertz CT molecular complexity index is 922. The minimum atomic E-state index is -4.39. The number of alkyl halides is 3. The van der Waals surface area contributed by atoms with Crippen LogP contribution in [0.3, 0.4) is 0 Å². The SMILES string of the molecule is O=C(O)Cc1ccccc1CSc1nc2cc(C(F)(F)F)ccc2s1. The molecule has 3 rings (SSSR count). The van der Waals surface area contributed by atoms with E-state index in [1.54, 1.807) is 12.1 Å². The predicted octanol–water partition coefficient (Wildman–Crippen LogP) is 5.23. The Hall–Kier alpha value is -2.06. The number of aliphatic carboxylic acids is 1. The molecule has 3 aromatic rings. The highest BCUT2D eigenvalue weighted by Gasteiger charge is 2.30. The van der Waals surface area contributed by atoms with E-state index in [1.165, 1.54) is 29.2 Å². The molecule has 0 atom stereocenters. The molecular formula is C17H12F3NO2S2. The number of nitrogens with zero attached hydrogens (tertiary/aromatic N) is 1. The first-order valence-corrected chi connectivity index (χ1v) is 9.02. The first-order valence-electron chi connectivity index (χ1n) is 7.22. The maximum Gasteiger partial charge on any atom is 0.416 e. The monoisotopic (exact) mass is 383 g/mol. The molecule has 130 valence electrons. The minimum Gasteiger partial charge on any atom is -0.481 e. The van der Waals surface area contributed by atoms with Gasteiger partial charge in [0.05, 0.1) is 22.2 Å². The van der Waals surface area contributed by atoms with Crippen LogP contribution in [0, 0.1) is 0 Å². The number of carboxylic acid groups (broad SMARTS) is 1. The van der Waals surface area contributed by atoms with Crippen LogP contribution in [-0.2, 0) is 23.1 Å². The van der Waals surface area contributed by atoms with E-state index < -0.39 is 17.7 Å². The van der Waals surface area contributed by atoms with Gasteiger partial charge in [0.15, 0.2) is 4.34 Å². The molecule has 3 nitrogen and oxygen atoms in total.